The molecule has 1 unspecified atom stereocenters. The molecule has 0 aliphatic carbocycles. The highest BCUT2D eigenvalue weighted by Gasteiger charge is 2.28. The van der Waals surface area contributed by atoms with E-state index in [0.29, 0.717) is 60.9 Å². The Morgan fingerprint density at radius 3 is 2.23 bits per heavy atom. The first-order valence-electron chi connectivity index (χ1n) is 14.1. The fourth-order valence-electron chi connectivity index (χ4n) is 5.01. The minimum absolute atomic E-state index is 0.0465. The zero-order chi connectivity index (χ0) is 28.7. The molecule has 1 aliphatic heterocycles. The maximum atomic E-state index is 14.0. The summed E-state index contributed by atoms with van der Waals surface area (Å²) in [5.41, 5.74) is 3.21. The van der Waals surface area contributed by atoms with Crippen LogP contribution in [-0.4, -0.2) is 58.0 Å². The largest absolute Gasteiger partial charge is 0.493 e. The maximum Gasteiger partial charge on any atom is 0.341 e. The van der Waals surface area contributed by atoms with Crippen molar-refractivity contribution in [2.24, 2.45) is 0 Å². The van der Waals surface area contributed by atoms with Crippen LogP contribution in [0, 0.1) is 6.92 Å². The maximum absolute atomic E-state index is 14.0. The van der Waals surface area contributed by atoms with Gasteiger partial charge in [0, 0.05) is 6.07 Å². The average Bonchev–Trinajstić information content (AvgIpc) is 2.92. The topological polar surface area (TPSA) is 106 Å². The van der Waals surface area contributed by atoms with E-state index in [2.05, 4.69) is 16.9 Å². The normalized spacial score (nSPS) is 15.8. The lowest BCUT2D eigenvalue weighted by Crippen LogP contribution is -2.33. The van der Waals surface area contributed by atoms with E-state index < -0.39 is 10.1 Å². The molecule has 10 heteroatoms. The monoisotopic (exact) mass is 572 g/mol. The Hall–Kier alpha value is -2.95. The molecular weight excluding hydrogens is 532 g/mol. The summed E-state index contributed by atoms with van der Waals surface area (Å²) in [4.78, 5) is 9.15. The highest BCUT2D eigenvalue weighted by molar-refractivity contribution is 7.87. The molecule has 218 valence electrons. The zero-order valence-electron chi connectivity index (χ0n) is 24.1. The molecule has 2 heterocycles. The molecule has 0 bridgehead atoms. The molecule has 3 aromatic rings. The summed E-state index contributed by atoms with van der Waals surface area (Å²) in [6, 6.07) is 7.38. The van der Waals surface area contributed by atoms with Gasteiger partial charge in [-0.05, 0) is 48.9 Å². The summed E-state index contributed by atoms with van der Waals surface area (Å²) < 4.78 is 56.5. The van der Waals surface area contributed by atoms with Gasteiger partial charge in [0.2, 0.25) is 5.88 Å². The lowest BCUT2D eigenvalue weighted by molar-refractivity contribution is -0.101. The molecule has 2 aromatic carbocycles. The second kappa shape index (κ2) is 13.6. The quantitative estimate of drug-likeness (QED) is 0.250. The number of ether oxygens (including phenoxy) is 4. The van der Waals surface area contributed by atoms with Gasteiger partial charge in [-0.15, -0.1) is 0 Å². The van der Waals surface area contributed by atoms with Crippen LogP contribution in [0.25, 0.3) is 10.9 Å². The Morgan fingerprint density at radius 2 is 1.62 bits per heavy atom. The average molecular weight is 573 g/mol. The van der Waals surface area contributed by atoms with E-state index in [4.69, 9.17) is 23.1 Å². The van der Waals surface area contributed by atoms with E-state index in [1.807, 2.05) is 26.0 Å². The van der Waals surface area contributed by atoms with Gasteiger partial charge in [0.05, 0.1) is 37.8 Å². The summed E-state index contributed by atoms with van der Waals surface area (Å²) in [7, 11) is -2.68. The zero-order valence-corrected chi connectivity index (χ0v) is 24.9. The summed E-state index contributed by atoms with van der Waals surface area (Å²) in [6.45, 7) is 9.65. The molecule has 9 nitrogen and oxygen atoms in total. The first-order valence-corrected chi connectivity index (χ1v) is 15.5. The van der Waals surface area contributed by atoms with E-state index in [1.165, 1.54) is 7.11 Å². The van der Waals surface area contributed by atoms with E-state index >= 15 is 0 Å². The summed E-state index contributed by atoms with van der Waals surface area (Å²) >= 11 is 0. The molecule has 0 spiro atoms. The van der Waals surface area contributed by atoms with Crippen LogP contribution in [0.3, 0.4) is 0 Å². The molecule has 1 saturated heterocycles. The van der Waals surface area contributed by atoms with Crippen LogP contribution in [0.2, 0.25) is 0 Å². The van der Waals surface area contributed by atoms with Crippen LogP contribution in [0.15, 0.2) is 29.2 Å². The Balaban J connectivity index is 1.77. The van der Waals surface area contributed by atoms with Gasteiger partial charge in [-0.25, -0.2) is 4.98 Å². The van der Waals surface area contributed by atoms with Crippen molar-refractivity contribution >= 4 is 21.0 Å². The first kappa shape index (κ1) is 30.0. The summed E-state index contributed by atoms with van der Waals surface area (Å²) in [6.07, 6.45) is 4.57. The van der Waals surface area contributed by atoms with Crippen LogP contribution in [0.5, 0.6) is 17.4 Å². The smallest absolute Gasteiger partial charge is 0.341 e. The highest BCUT2D eigenvalue weighted by atomic mass is 32.2. The highest BCUT2D eigenvalue weighted by Crippen LogP contribution is 2.37. The van der Waals surface area contributed by atoms with E-state index in [0.717, 1.165) is 42.4 Å². The molecule has 0 amide bonds. The van der Waals surface area contributed by atoms with Crippen LogP contribution < -0.4 is 13.7 Å². The Kier molecular flexibility index (Phi) is 10.2. The first-order chi connectivity index (χ1) is 19.3. The van der Waals surface area contributed by atoms with Gasteiger partial charge in [0.1, 0.15) is 23.4 Å². The van der Waals surface area contributed by atoms with Crippen molar-refractivity contribution in [3.05, 3.63) is 46.8 Å². The Bertz CT molecular complexity index is 1390. The number of fused-ring (bicyclic) bond motifs is 1. The number of methoxy groups -OCH3 is 1. The van der Waals surface area contributed by atoms with Gasteiger partial charge >= 0.3 is 10.1 Å². The van der Waals surface area contributed by atoms with Crippen molar-refractivity contribution in [3.8, 4) is 17.4 Å². The lowest BCUT2D eigenvalue weighted by atomic mass is 9.97. The van der Waals surface area contributed by atoms with Crippen LogP contribution >= 0.6 is 0 Å². The molecule has 1 fully saturated rings. The standard InChI is InChI=1S/C30H40N2O7S/c1-6-9-21-14-22(10-7-2)29(23(15-21)11-8-3)40(33,34)39-30-25-16-28(38-19-24-18-36-12-13-37-24)27(35-5)17-26(25)31-20(4)32-30/h14-17,24H,6-13,18-19H2,1-5H3. The fraction of sp³-hybridized carbons (Fsp3) is 0.533. The van der Waals surface area contributed by atoms with Crippen molar-refractivity contribution < 1.29 is 31.5 Å². The summed E-state index contributed by atoms with van der Waals surface area (Å²) in [5.74, 6) is 1.19. The van der Waals surface area contributed by atoms with Gasteiger partial charge in [0.15, 0.2) is 11.5 Å². The third-order valence-electron chi connectivity index (χ3n) is 6.69. The van der Waals surface area contributed by atoms with Crippen molar-refractivity contribution in [2.75, 3.05) is 33.5 Å². The predicted molar refractivity (Wildman–Crippen MR) is 153 cm³/mol. The molecule has 1 aromatic heterocycles. The predicted octanol–water partition coefficient (Wildman–Crippen LogP) is 5.37. The molecule has 0 radical (unpaired) electrons. The van der Waals surface area contributed by atoms with Crippen molar-refractivity contribution in [2.45, 2.75) is 77.2 Å². The molecule has 0 saturated carbocycles. The Labute approximate surface area is 237 Å². The van der Waals surface area contributed by atoms with E-state index in [9.17, 15) is 8.42 Å². The van der Waals surface area contributed by atoms with Gasteiger partial charge in [-0.1, -0.05) is 52.2 Å². The number of hydrogen-bond donors (Lipinski definition) is 0. The van der Waals surface area contributed by atoms with Crippen molar-refractivity contribution in [3.63, 3.8) is 0 Å². The number of aromatic nitrogens is 2. The SMILES string of the molecule is CCCc1cc(CCC)c(S(=O)(=O)Oc2nc(C)nc3cc(OC)c(OCC4COCCO4)cc23)c(CCC)c1. The fourth-order valence-corrected chi connectivity index (χ4v) is 6.39. The second-order valence-electron chi connectivity index (χ2n) is 10.0. The van der Waals surface area contributed by atoms with Crippen molar-refractivity contribution in [1.29, 1.82) is 0 Å². The lowest BCUT2D eigenvalue weighted by Gasteiger charge is -2.23. The molecule has 4 rings (SSSR count). The number of nitrogens with zero attached hydrogens (tertiary/aromatic N) is 2. The van der Waals surface area contributed by atoms with Gasteiger partial charge in [-0.3, -0.25) is 0 Å². The van der Waals surface area contributed by atoms with Gasteiger partial charge in [-0.2, -0.15) is 13.4 Å². The third kappa shape index (κ3) is 7.03. The second-order valence-corrected chi connectivity index (χ2v) is 11.5. The van der Waals surface area contributed by atoms with Crippen LogP contribution in [0.4, 0.5) is 0 Å². The number of benzene rings is 2. The molecule has 40 heavy (non-hydrogen) atoms. The molecular formula is C30H40N2O7S. The summed E-state index contributed by atoms with van der Waals surface area (Å²) in [5, 5.41) is 0.405. The molecule has 0 N–H and O–H groups in total. The van der Waals surface area contributed by atoms with Crippen LogP contribution in [-0.2, 0) is 38.9 Å². The van der Waals surface area contributed by atoms with Gasteiger partial charge in [0.25, 0.3) is 0 Å². The van der Waals surface area contributed by atoms with Gasteiger partial charge < -0.3 is 23.1 Å². The minimum Gasteiger partial charge on any atom is -0.493 e. The molecule has 1 atom stereocenters. The number of hydrogen-bond acceptors (Lipinski definition) is 9. The van der Waals surface area contributed by atoms with E-state index in [1.54, 1.807) is 19.1 Å². The van der Waals surface area contributed by atoms with Crippen molar-refractivity contribution in [1.82, 2.24) is 9.97 Å². The number of aryl methyl sites for hydroxylation is 4. The van der Waals surface area contributed by atoms with Crippen LogP contribution in [0.1, 0.15) is 62.5 Å². The van der Waals surface area contributed by atoms with E-state index in [-0.39, 0.29) is 23.5 Å². The number of rotatable bonds is 13. The molecule has 1 aliphatic rings. The minimum atomic E-state index is -4.22. The Morgan fingerprint density at radius 1 is 0.925 bits per heavy atom. The third-order valence-corrected chi connectivity index (χ3v) is 8.09.